The standard InChI is InChI=1S/C21H24N2OS2/c1-2-3-12-23-13-15-8-4-5-9-16(15)17(20(23)25)14-26-21-22-18-10-6-7-11-19(18)24-21/h6-7,10-11,13H,2-5,8-9,12,14H2,1H3. The van der Waals surface area contributed by atoms with Gasteiger partial charge in [-0.1, -0.05) is 49.5 Å². The van der Waals surface area contributed by atoms with E-state index in [2.05, 4.69) is 22.7 Å². The number of aryl methyl sites for hydroxylation is 2. The minimum atomic E-state index is 0.731. The molecule has 1 aliphatic carbocycles. The van der Waals surface area contributed by atoms with Gasteiger partial charge in [0.1, 0.15) is 10.2 Å². The predicted octanol–water partition coefficient (Wildman–Crippen LogP) is 6.33. The van der Waals surface area contributed by atoms with E-state index in [1.807, 2.05) is 24.3 Å². The van der Waals surface area contributed by atoms with Crippen molar-refractivity contribution in [1.29, 1.82) is 0 Å². The van der Waals surface area contributed by atoms with E-state index >= 15 is 0 Å². The van der Waals surface area contributed by atoms with Gasteiger partial charge in [0.2, 0.25) is 0 Å². The van der Waals surface area contributed by atoms with E-state index in [1.54, 1.807) is 11.8 Å². The van der Waals surface area contributed by atoms with Crippen molar-refractivity contribution in [3.63, 3.8) is 0 Å². The van der Waals surface area contributed by atoms with Crippen LogP contribution in [0.3, 0.4) is 0 Å². The summed E-state index contributed by atoms with van der Waals surface area (Å²) in [6.45, 7) is 3.25. The molecule has 0 spiro atoms. The average Bonchev–Trinajstić information content (AvgIpc) is 3.08. The molecule has 0 saturated carbocycles. The van der Waals surface area contributed by atoms with Crippen molar-refractivity contribution in [2.45, 2.75) is 63.0 Å². The van der Waals surface area contributed by atoms with Gasteiger partial charge >= 0.3 is 0 Å². The van der Waals surface area contributed by atoms with Gasteiger partial charge in [-0.25, -0.2) is 4.98 Å². The molecule has 5 heteroatoms. The van der Waals surface area contributed by atoms with Gasteiger partial charge < -0.3 is 8.98 Å². The van der Waals surface area contributed by atoms with Crippen LogP contribution in [0.15, 0.2) is 40.1 Å². The molecule has 4 rings (SSSR count). The van der Waals surface area contributed by atoms with Crippen LogP contribution in [0.1, 0.15) is 49.3 Å². The van der Waals surface area contributed by atoms with Gasteiger partial charge in [-0.05, 0) is 55.4 Å². The molecular weight excluding hydrogens is 360 g/mol. The van der Waals surface area contributed by atoms with E-state index in [0.29, 0.717) is 0 Å². The highest BCUT2D eigenvalue weighted by Gasteiger charge is 2.18. The van der Waals surface area contributed by atoms with Crippen molar-refractivity contribution >= 4 is 35.1 Å². The molecule has 3 nitrogen and oxygen atoms in total. The normalized spacial score (nSPS) is 13.9. The van der Waals surface area contributed by atoms with Crippen molar-refractivity contribution in [3.05, 3.63) is 51.8 Å². The van der Waals surface area contributed by atoms with Crippen LogP contribution < -0.4 is 0 Å². The maximum Gasteiger partial charge on any atom is 0.257 e. The van der Waals surface area contributed by atoms with Crippen LogP contribution in [0, 0.1) is 4.64 Å². The predicted molar refractivity (Wildman–Crippen MR) is 110 cm³/mol. The lowest BCUT2D eigenvalue weighted by Crippen LogP contribution is -2.13. The topological polar surface area (TPSA) is 31.0 Å². The number of fused-ring (bicyclic) bond motifs is 2. The van der Waals surface area contributed by atoms with Crippen molar-refractivity contribution in [2.24, 2.45) is 0 Å². The molecule has 0 bridgehead atoms. The maximum atomic E-state index is 5.88. The molecule has 0 atom stereocenters. The number of rotatable bonds is 6. The van der Waals surface area contributed by atoms with Gasteiger partial charge in [-0.15, -0.1) is 0 Å². The zero-order valence-electron chi connectivity index (χ0n) is 15.2. The van der Waals surface area contributed by atoms with Crippen LogP contribution in [0.5, 0.6) is 0 Å². The number of nitrogens with zero attached hydrogens (tertiary/aromatic N) is 2. The van der Waals surface area contributed by atoms with Crippen LogP contribution in [0.4, 0.5) is 0 Å². The van der Waals surface area contributed by atoms with Crippen LogP contribution in [0.25, 0.3) is 11.1 Å². The quantitative estimate of drug-likeness (QED) is 0.367. The van der Waals surface area contributed by atoms with Gasteiger partial charge in [0, 0.05) is 24.1 Å². The number of hydrogen-bond acceptors (Lipinski definition) is 4. The Labute approximate surface area is 163 Å². The zero-order chi connectivity index (χ0) is 17.9. The average molecular weight is 385 g/mol. The smallest absolute Gasteiger partial charge is 0.257 e. The molecule has 1 aromatic carbocycles. The largest absolute Gasteiger partial charge is 0.431 e. The lowest BCUT2D eigenvalue weighted by atomic mass is 9.90. The third-order valence-corrected chi connectivity index (χ3v) is 6.41. The minimum absolute atomic E-state index is 0.731. The second-order valence-electron chi connectivity index (χ2n) is 6.91. The summed E-state index contributed by atoms with van der Waals surface area (Å²) in [6, 6.07) is 7.93. The minimum Gasteiger partial charge on any atom is -0.431 e. The highest BCUT2D eigenvalue weighted by molar-refractivity contribution is 7.98. The Bertz CT molecular complexity index is 941. The number of unbranched alkanes of at least 4 members (excludes halogenated alkanes) is 1. The van der Waals surface area contributed by atoms with E-state index < -0.39 is 0 Å². The first kappa shape index (κ1) is 17.8. The molecule has 0 N–H and O–H groups in total. The SMILES string of the molecule is CCCCn1cc2c(c(CSc3nc4ccccc4o3)c1=S)CCCC2. The van der Waals surface area contributed by atoms with Crippen molar-refractivity contribution in [3.8, 4) is 0 Å². The number of thioether (sulfide) groups is 1. The van der Waals surface area contributed by atoms with Gasteiger partial charge in [0.15, 0.2) is 5.58 Å². The summed E-state index contributed by atoms with van der Waals surface area (Å²) in [5.41, 5.74) is 6.07. The highest BCUT2D eigenvalue weighted by Crippen LogP contribution is 2.32. The Kier molecular flexibility index (Phi) is 5.46. The third-order valence-electron chi connectivity index (χ3n) is 5.07. The molecule has 0 amide bonds. The van der Waals surface area contributed by atoms with E-state index in [-0.39, 0.29) is 0 Å². The molecule has 0 unspecified atom stereocenters. The summed E-state index contributed by atoms with van der Waals surface area (Å²) in [5, 5.41) is 0.731. The second kappa shape index (κ2) is 7.97. The first-order valence-electron chi connectivity index (χ1n) is 9.48. The van der Waals surface area contributed by atoms with Crippen molar-refractivity contribution in [2.75, 3.05) is 0 Å². The fourth-order valence-corrected chi connectivity index (χ4v) is 4.98. The second-order valence-corrected chi connectivity index (χ2v) is 8.22. The monoisotopic (exact) mass is 384 g/mol. The van der Waals surface area contributed by atoms with Crippen LogP contribution in [-0.2, 0) is 25.1 Å². The maximum absolute atomic E-state index is 5.88. The molecule has 0 radical (unpaired) electrons. The molecule has 2 heterocycles. The molecule has 1 aliphatic rings. The van der Waals surface area contributed by atoms with E-state index in [4.69, 9.17) is 16.6 Å². The number of benzene rings is 1. The van der Waals surface area contributed by atoms with Gasteiger partial charge in [-0.3, -0.25) is 0 Å². The molecule has 2 aromatic heterocycles. The van der Waals surface area contributed by atoms with E-state index in [0.717, 1.165) is 39.7 Å². The summed E-state index contributed by atoms with van der Waals surface area (Å²) in [5.74, 6) is 0.834. The Morgan fingerprint density at radius 1 is 1.23 bits per heavy atom. The van der Waals surface area contributed by atoms with Crippen LogP contribution in [-0.4, -0.2) is 9.55 Å². The number of aromatic nitrogens is 2. The number of para-hydroxylation sites is 2. The highest BCUT2D eigenvalue weighted by atomic mass is 32.2. The summed E-state index contributed by atoms with van der Waals surface area (Å²) in [4.78, 5) is 4.60. The first-order chi connectivity index (χ1) is 12.8. The summed E-state index contributed by atoms with van der Waals surface area (Å²) < 4.78 is 9.18. The van der Waals surface area contributed by atoms with Crippen LogP contribution >= 0.6 is 24.0 Å². The zero-order valence-corrected chi connectivity index (χ0v) is 16.8. The summed E-state index contributed by atoms with van der Waals surface area (Å²) in [7, 11) is 0. The lowest BCUT2D eigenvalue weighted by molar-refractivity contribution is 0.489. The molecule has 0 aliphatic heterocycles. The lowest BCUT2D eigenvalue weighted by Gasteiger charge is -2.22. The first-order valence-corrected chi connectivity index (χ1v) is 10.9. The fraction of sp³-hybridized carbons (Fsp3) is 0.429. The summed E-state index contributed by atoms with van der Waals surface area (Å²) in [6.07, 6.45) is 9.56. The van der Waals surface area contributed by atoms with E-state index in [9.17, 15) is 0 Å². The van der Waals surface area contributed by atoms with Gasteiger partial charge in [-0.2, -0.15) is 0 Å². The third kappa shape index (κ3) is 3.60. The summed E-state index contributed by atoms with van der Waals surface area (Å²) >= 11 is 7.53. The molecule has 0 saturated heterocycles. The molecular formula is C21H24N2OS2. The number of oxazole rings is 1. The Morgan fingerprint density at radius 2 is 2.08 bits per heavy atom. The molecule has 3 aromatic rings. The fourth-order valence-electron chi connectivity index (χ4n) is 3.66. The Morgan fingerprint density at radius 3 is 2.92 bits per heavy atom. The Hall–Kier alpha value is -1.59. The van der Waals surface area contributed by atoms with Crippen molar-refractivity contribution in [1.82, 2.24) is 9.55 Å². The van der Waals surface area contributed by atoms with E-state index in [1.165, 1.54) is 48.8 Å². The molecule has 26 heavy (non-hydrogen) atoms. The molecule has 136 valence electrons. The van der Waals surface area contributed by atoms with Gasteiger partial charge in [0.05, 0.1) is 0 Å². The number of hydrogen-bond donors (Lipinski definition) is 0. The Balaban J connectivity index is 1.64. The molecule has 0 fully saturated rings. The van der Waals surface area contributed by atoms with Gasteiger partial charge in [0.25, 0.3) is 5.22 Å². The number of pyridine rings is 1. The van der Waals surface area contributed by atoms with Crippen LogP contribution in [0.2, 0.25) is 0 Å². The van der Waals surface area contributed by atoms with Crippen molar-refractivity contribution < 1.29 is 4.42 Å².